The van der Waals surface area contributed by atoms with E-state index in [2.05, 4.69) is 11.8 Å². The van der Waals surface area contributed by atoms with Gasteiger partial charge in [-0.15, -0.1) is 0 Å². The lowest BCUT2D eigenvalue weighted by molar-refractivity contribution is 0.0114. The summed E-state index contributed by atoms with van der Waals surface area (Å²) in [5.41, 5.74) is 0. The van der Waals surface area contributed by atoms with Crippen LogP contribution in [0.3, 0.4) is 0 Å². The second kappa shape index (κ2) is 5.87. The van der Waals surface area contributed by atoms with E-state index in [4.69, 9.17) is 14.2 Å². The Morgan fingerprint density at radius 1 is 1.00 bits per heavy atom. The van der Waals surface area contributed by atoms with Gasteiger partial charge < -0.3 is 14.2 Å². The summed E-state index contributed by atoms with van der Waals surface area (Å²) in [6.07, 6.45) is 6.45. The summed E-state index contributed by atoms with van der Waals surface area (Å²) in [6, 6.07) is 0.718. The van der Waals surface area contributed by atoms with E-state index in [-0.39, 0.29) is 0 Å². The molecule has 3 aliphatic rings. The molecule has 2 heterocycles. The molecule has 3 rings (SSSR count). The van der Waals surface area contributed by atoms with Crippen LogP contribution in [0.2, 0.25) is 0 Å². The van der Waals surface area contributed by atoms with Gasteiger partial charge in [0, 0.05) is 25.7 Å². The molecule has 1 aliphatic carbocycles. The molecule has 1 saturated carbocycles. The molecule has 4 nitrogen and oxygen atoms in total. The van der Waals surface area contributed by atoms with Crippen LogP contribution in [-0.2, 0) is 14.2 Å². The molecule has 0 spiro atoms. The SMILES string of the molecule is CCOC1CCC(N(CC2CO2)CC2CO2)CC1. The summed E-state index contributed by atoms with van der Waals surface area (Å²) in [5, 5.41) is 0. The summed E-state index contributed by atoms with van der Waals surface area (Å²) >= 11 is 0. The van der Waals surface area contributed by atoms with Crippen molar-refractivity contribution in [3.8, 4) is 0 Å². The lowest BCUT2D eigenvalue weighted by atomic mass is 9.91. The van der Waals surface area contributed by atoms with Gasteiger partial charge in [-0.05, 0) is 32.6 Å². The summed E-state index contributed by atoms with van der Waals surface area (Å²) in [6.45, 7) is 7.05. The van der Waals surface area contributed by atoms with Crippen LogP contribution in [0.25, 0.3) is 0 Å². The van der Waals surface area contributed by atoms with Gasteiger partial charge in [-0.3, -0.25) is 4.90 Å². The van der Waals surface area contributed by atoms with E-state index in [1.165, 1.54) is 25.7 Å². The fraction of sp³-hybridized carbons (Fsp3) is 1.00. The van der Waals surface area contributed by atoms with Crippen molar-refractivity contribution in [2.24, 2.45) is 0 Å². The topological polar surface area (TPSA) is 37.5 Å². The van der Waals surface area contributed by atoms with Crippen molar-refractivity contribution >= 4 is 0 Å². The fourth-order valence-corrected chi connectivity index (χ4v) is 3.06. The van der Waals surface area contributed by atoms with Crippen LogP contribution < -0.4 is 0 Å². The van der Waals surface area contributed by atoms with Crippen LogP contribution in [0.1, 0.15) is 32.6 Å². The maximum absolute atomic E-state index is 5.73. The summed E-state index contributed by atoms with van der Waals surface area (Å²) in [7, 11) is 0. The molecule has 0 aromatic carbocycles. The van der Waals surface area contributed by atoms with Crippen molar-refractivity contribution in [1.82, 2.24) is 4.90 Å². The first kappa shape index (κ1) is 12.9. The van der Waals surface area contributed by atoms with E-state index in [0.29, 0.717) is 18.3 Å². The Labute approximate surface area is 110 Å². The molecule has 4 heteroatoms. The molecular weight excluding hydrogens is 230 g/mol. The Kier molecular flexibility index (Phi) is 4.19. The molecule has 0 aromatic rings. The first-order valence-corrected chi connectivity index (χ1v) is 7.44. The van der Waals surface area contributed by atoms with Crippen molar-refractivity contribution in [2.45, 2.75) is 57.0 Å². The maximum Gasteiger partial charge on any atom is 0.0936 e. The zero-order valence-corrected chi connectivity index (χ0v) is 11.3. The van der Waals surface area contributed by atoms with E-state index in [1.807, 2.05) is 0 Å². The largest absolute Gasteiger partial charge is 0.379 e. The van der Waals surface area contributed by atoms with Gasteiger partial charge in [0.1, 0.15) is 0 Å². The minimum atomic E-state index is 0.494. The van der Waals surface area contributed by atoms with Crippen LogP contribution in [0.4, 0.5) is 0 Å². The van der Waals surface area contributed by atoms with Gasteiger partial charge in [0.05, 0.1) is 31.5 Å². The highest BCUT2D eigenvalue weighted by atomic mass is 16.6. The minimum absolute atomic E-state index is 0.494. The zero-order valence-electron chi connectivity index (χ0n) is 11.3. The highest BCUT2D eigenvalue weighted by Gasteiger charge is 2.35. The Balaban J connectivity index is 1.47. The molecule has 2 aliphatic heterocycles. The van der Waals surface area contributed by atoms with Crippen LogP contribution in [0, 0.1) is 0 Å². The lowest BCUT2D eigenvalue weighted by Gasteiger charge is -2.36. The van der Waals surface area contributed by atoms with Gasteiger partial charge in [0.15, 0.2) is 0 Å². The third-order valence-electron chi connectivity index (χ3n) is 4.24. The Morgan fingerprint density at radius 2 is 1.56 bits per heavy atom. The van der Waals surface area contributed by atoms with E-state index in [1.54, 1.807) is 0 Å². The van der Waals surface area contributed by atoms with Gasteiger partial charge in [0.25, 0.3) is 0 Å². The molecule has 18 heavy (non-hydrogen) atoms. The second-order valence-corrected chi connectivity index (χ2v) is 5.75. The lowest BCUT2D eigenvalue weighted by Crippen LogP contribution is -2.43. The Hall–Kier alpha value is -0.160. The highest BCUT2D eigenvalue weighted by molar-refractivity contribution is 4.87. The minimum Gasteiger partial charge on any atom is -0.379 e. The predicted molar refractivity (Wildman–Crippen MR) is 68.7 cm³/mol. The number of hydrogen-bond donors (Lipinski definition) is 0. The first-order chi connectivity index (χ1) is 8.85. The van der Waals surface area contributed by atoms with Crippen molar-refractivity contribution < 1.29 is 14.2 Å². The van der Waals surface area contributed by atoms with Crippen LogP contribution in [0.15, 0.2) is 0 Å². The molecule has 0 amide bonds. The van der Waals surface area contributed by atoms with Gasteiger partial charge in [0.2, 0.25) is 0 Å². The van der Waals surface area contributed by atoms with Crippen LogP contribution >= 0.6 is 0 Å². The molecule has 2 unspecified atom stereocenters. The fourth-order valence-electron chi connectivity index (χ4n) is 3.06. The van der Waals surface area contributed by atoms with Crippen LogP contribution in [-0.4, -0.2) is 62.2 Å². The zero-order chi connectivity index (χ0) is 12.4. The van der Waals surface area contributed by atoms with E-state index in [9.17, 15) is 0 Å². The van der Waals surface area contributed by atoms with Gasteiger partial charge in [-0.2, -0.15) is 0 Å². The van der Waals surface area contributed by atoms with E-state index < -0.39 is 0 Å². The van der Waals surface area contributed by atoms with Crippen LogP contribution in [0.5, 0.6) is 0 Å². The predicted octanol–water partition coefficient (Wildman–Crippen LogP) is 1.43. The number of epoxide rings is 2. The number of ether oxygens (including phenoxy) is 3. The van der Waals surface area contributed by atoms with Crippen molar-refractivity contribution in [2.75, 3.05) is 32.9 Å². The van der Waals surface area contributed by atoms with Gasteiger partial charge in [-0.25, -0.2) is 0 Å². The number of hydrogen-bond acceptors (Lipinski definition) is 4. The standard InChI is InChI=1S/C14H25NO3/c1-2-16-12-5-3-11(4-6-12)15(7-13-9-17-13)8-14-10-18-14/h11-14H,2-10H2,1H3. The first-order valence-electron chi connectivity index (χ1n) is 7.44. The molecule has 0 aromatic heterocycles. The normalized spacial score (nSPS) is 39.0. The summed E-state index contributed by atoms with van der Waals surface area (Å²) in [5.74, 6) is 0. The van der Waals surface area contributed by atoms with E-state index >= 15 is 0 Å². The molecule has 0 bridgehead atoms. The highest BCUT2D eigenvalue weighted by Crippen LogP contribution is 2.28. The average molecular weight is 255 g/mol. The monoisotopic (exact) mass is 255 g/mol. The molecule has 3 fully saturated rings. The Bertz CT molecular complexity index is 244. The Morgan fingerprint density at radius 3 is 2.00 bits per heavy atom. The number of rotatable bonds is 7. The molecule has 2 saturated heterocycles. The van der Waals surface area contributed by atoms with Crippen molar-refractivity contribution in [3.05, 3.63) is 0 Å². The smallest absolute Gasteiger partial charge is 0.0936 e. The molecule has 104 valence electrons. The van der Waals surface area contributed by atoms with Crippen molar-refractivity contribution in [3.63, 3.8) is 0 Å². The third kappa shape index (κ3) is 3.67. The maximum atomic E-state index is 5.73. The summed E-state index contributed by atoms with van der Waals surface area (Å²) in [4.78, 5) is 2.61. The average Bonchev–Trinajstić information content (AvgIpc) is 3.25. The van der Waals surface area contributed by atoms with E-state index in [0.717, 1.165) is 39.0 Å². The molecular formula is C14H25NO3. The molecule has 0 radical (unpaired) electrons. The van der Waals surface area contributed by atoms with Crippen molar-refractivity contribution in [1.29, 1.82) is 0 Å². The number of nitrogens with zero attached hydrogens (tertiary/aromatic N) is 1. The van der Waals surface area contributed by atoms with Gasteiger partial charge >= 0.3 is 0 Å². The molecule has 2 atom stereocenters. The van der Waals surface area contributed by atoms with Gasteiger partial charge in [-0.1, -0.05) is 0 Å². The molecule has 0 N–H and O–H groups in total. The summed E-state index contributed by atoms with van der Waals surface area (Å²) < 4.78 is 16.5. The third-order valence-corrected chi connectivity index (χ3v) is 4.24. The quantitative estimate of drug-likeness (QED) is 0.645. The second-order valence-electron chi connectivity index (χ2n) is 5.75.